The van der Waals surface area contributed by atoms with E-state index in [9.17, 15) is 0 Å². The van der Waals surface area contributed by atoms with Crippen molar-refractivity contribution < 1.29 is 0 Å². The van der Waals surface area contributed by atoms with Crippen molar-refractivity contribution in [2.24, 2.45) is 5.84 Å². The van der Waals surface area contributed by atoms with Gasteiger partial charge in [-0.15, -0.1) is 11.3 Å². The van der Waals surface area contributed by atoms with Crippen molar-refractivity contribution in [3.8, 4) is 0 Å². The number of aromatic nitrogens is 2. The summed E-state index contributed by atoms with van der Waals surface area (Å²) in [5.41, 5.74) is 5.12. The molecule has 0 aliphatic carbocycles. The molecule has 0 saturated carbocycles. The summed E-state index contributed by atoms with van der Waals surface area (Å²) in [5.74, 6) is 5.67. The number of thiazole rings is 1. The van der Waals surface area contributed by atoms with Gasteiger partial charge in [0.05, 0.1) is 15.2 Å². The monoisotopic (exact) mass is 284 g/mol. The van der Waals surface area contributed by atoms with Crippen LogP contribution in [-0.4, -0.2) is 16.0 Å². The van der Waals surface area contributed by atoms with Gasteiger partial charge >= 0.3 is 0 Å². The van der Waals surface area contributed by atoms with Gasteiger partial charge < -0.3 is 0 Å². The Morgan fingerprint density at radius 1 is 1.15 bits per heavy atom. The number of hydrogen-bond donors (Lipinski definition) is 2. The first-order valence-electron chi connectivity index (χ1n) is 6.54. The minimum Gasteiger partial charge on any atom is -0.271 e. The van der Waals surface area contributed by atoms with Gasteiger partial charge in [0.25, 0.3) is 0 Å². The first-order chi connectivity index (χ1) is 9.85. The minimum atomic E-state index is 0.166. The number of hydrazine groups is 1. The lowest BCUT2D eigenvalue weighted by Gasteiger charge is -2.13. The van der Waals surface area contributed by atoms with Crippen molar-refractivity contribution in [2.75, 3.05) is 0 Å². The first kappa shape index (κ1) is 13.2. The number of nitrogens with zero attached hydrogens (tertiary/aromatic N) is 2. The lowest BCUT2D eigenvalue weighted by Crippen LogP contribution is -2.38. The number of rotatable bonds is 5. The van der Waals surface area contributed by atoms with Gasteiger partial charge in [0.15, 0.2) is 0 Å². The van der Waals surface area contributed by atoms with Gasteiger partial charge in [-0.3, -0.25) is 16.3 Å². The summed E-state index contributed by atoms with van der Waals surface area (Å²) in [5, 5.41) is 1.11. The largest absolute Gasteiger partial charge is 0.271 e. The predicted octanol–water partition coefficient (Wildman–Crippen LogP) is 2.31. The highest BCUT2D eigenvalue weighted by atomic mass is 32.1. The molecule has 3 N–H and O–H groups in total. The molecule has 20 heavy (non-hydrogen) atoms. The van der Waals surface area contributed by atoms with Crippen molar-refractivity contribution in [1.29, 1.82) is 0 Å². The Balaban J connectivity index is 1.74. The Morgan fingerprint density at radius 3 is 2.80 bits per heavy atom. The van der Waals surface area contributed by atoms with E-state index in [4.69, 9.17) is 5.84 Å². The molecule has 3 aromatic rings. The van der Waals surface area contributed by atoms with Crippen LogP contribution in [-0.2, 0) is 12.8 Å². The lowest BCUT2D eigenvalue weighted by molar-refractivity contribution is 0.521. The Kier molecular flexibility index (Phi) is 4.01. The Morgan fingerprint density at radius 2 is 2.05 bits per heavy atom. The van der Waals surface area contributed by atoms with E-state index in [2.05, 4.69) is 27.5 Å². The molecule has 5 heteroatoms. The van der Waals surface area contributed by atoms with Gasteiger partial charge in [-0.05, 0) is 30.2 Å². The van der Waals surface area contributed by atoms with Crippen LogP contribution in [0.15, 0.2) is 48.8 Å². The molecule has 102 valence electrons. The maximum atomic E-state index is 5.67. The van der Waals surface area contributed by atoms with Gasteiger partial charge in [-0.1, -0.05) is 18.2 Å². The smallest absolute Gasteiger partial charge is 0.0954 e. The van der Waals surface area contributed by atoms with Crippen molar-refractivity contribution >= 4 is 21.6 Å². The molecule has 0 radical (unpaired) electrons. The number of nitrogens with two attached hydrogens (primary N) is 1. The van der Waals surface area contributed by atoms with Crippen molar-refractivity contribution in [1.82, 2.24) is 15.4 Å². The molecule has 1 aromatic carbocycles. The van der Waals surface area contributed by atoms with Crippen LogP contribution < -0.4 is 11.3 Å². The molecule has 0 saturated heterocycles. The molecule has 0 fully saturated rings. The van der Waals surface area contributed by atoms with E-state index in [0.717, 1.165) is 23.4 Å². The van der Waals surface area contributed by atoms with Crippen LogP contribution in [0.4, 0.5) is 0 Å². The van der Waals surface area contributed by atoms with Crippen LogP contribution in [0, 0.1) is 0 Å². The molecule has 0 spiro atoms. The second-order valence-electron chi connectivity index (χ2n) is 4.71. The molecule has 1 atom stereocenters. The zero-order chi connectivity index (χ0) is 13.8. The second-order valence-corrected chi connectivity index (χ2v) is 5.82. The molecule has 2 aromatic heterocycles. The molecule has 4 nitrogen and oxygen atoms in total. The Labute approximate surface area is 121 Å². The average molecular weight is 284 g/mol. The number of fused-ring (bicyclic) bond motifs is 1. The first-order valence-corrected chi connectivity index (χ1v) is 7.36. The number of hydrogen-bond acceptors (Lipinski definition) is 5. The number of para-hydroxylation sites is 1. The third kappa shape index (κ3) is 3.01. The summed E-state index contributed by atoms with van der Waals surface area (Å²) >= 11 is 1.73. The maximum Gasteiger partial charge on any atom is 0.0954 e. The van der Waals surface area contributed by atoms with Gasteiger partial charge in [-0.25, -0.2) is 4.98 Å². The van der Waals surface area contributed by atoms with E-state index in [1.165, 1.54) is 10.3 Å². The molecule has 0 bridgehead atoms. The zero-order valence-electron chi connectivity index (χ0n) is 11.0. The Bertz CT molecular complexity index is 647. The van der Waals surface area contributed by atoms with Crippen molar-refractivity contribution in [2.45, 2.75) is 18.9 Å². The van der Waals surface area contributed by atoms with Gasteiger partial charge in [0.2, 0.25) is 0 Å². The van der Waals surface area contributed by atoms with Crippen LogP contribution in [0.2, 0.25) is 0 Å². The van der Waals surface area contributed by atoms with Crippen molar-refractivity contribution in [3.63, 3.8) is 0 Å². The Hall–Kier alpha value is -1.82. The third-order valence-electron chi connectivity index (χ3n) is 3.20. The fourth-order valence-electron chi connectivity index (χ4n) is 2.21. The third-order valence-corrected chi connectivity index (χ3v) is 4.26. The summed E-state index contributed by atoms with van der Waals surface area (Å²) in [7, 11) is 0. The summed E-state index contributed by atoms with van der Waals surface area (Å²) < 4.78 is 1.22. The molecule has 1 unspecified atom stereocenters. The highest BCUT2D eigenvalue weighted by Gasteiger charge is 2.12. The quantitative estimate of drug-likeness (QED) is 0.557. The average Bonchev–Trinajstić information content (AvgIpc) is 2.90. The molecule has 3 rings (SSSR count). The summed E-state index contributed by atoms with van der Waals surface area (Å²) in [4.78, 5) is 8.78. The molecule has 0 amide bonds. The van der Waals surface area contributed by atoms with Gasteiger partial charge in [-0.2, -0.15) is 0 Å². The van der Waals surface area contributed by atoms with E-state index < -0.39 is 0 Å². The van der Waals surface area contributed by atoms with Crippen LogP contribution in [0.1, 0.15) is 10.6 Å². The summed E-state index contributed by atoms with van der Waals surface area (Å²) in [6.07, 6.45) is 5.33. The molecule has 0 aliphatic heterocycles. The highest BCUT2D eigenvalue weighted by Crippen LogP contribution is 2.22. The minimum absolute atomic E-state index is 0.166. The number of pyridine rings is 1. The zero-order valence-corrected chi connectivity index (χ0v) is 11.8. The van der Waals surface area contributed by atoms with E-state index >= 15 is 0 Å². The highest BCUT2D eigenvalue weighted by molar-refractivity contribution is 7.18. The maximum absolute atomic E-state index is 5.67. The van der Waals surface area contributed by atoms with Crippen LogP contribution >= 0.6 is 11.3 Å². The molecule has 0 aliphatic rings. The molecule has 2 heterocycles. The standard InChI is InChI=1S/C15H16N4S/c16-19-12(8-11-4-3-7-17-10-11)9-15-18-13-5-1-2-6-14(13)20-15/h1-7,10,12,19H,8-9,16H2. The molecular weight excluding hydrogens is 268 g/mol. The summed E-state index contributed by atoms with van der Waals surface area (Å²) in [6, 6.07) is 12.4. The topological polar surface area (TPSA) is 63.8 Å². The van der Waals surface area contributed by atoms with Crippen LogP contribution in [0.3, 0.4) is 0 Å². The fraction of sp³-hybridized carbons (Fsp3) is 0.200. The van der Waals surface area contributed by atoms with E-state index in [1.54, 1.807) is 17.5 Å². The summed E-state index contributed by atoms with van der Waals surface area (Å²) in [6.45, 7) is 0. The van der Waals surface area contributed by atoms with Gasteiger partial charge in [0.1, 0.15) is 0 Å². The van der Waals surface area contributed by atoms with Crippen molar-refractivity contribution in [3.05, 3.63) is 59.4 Å². The van der Waals surface area contributed by atoms with Gasteiger partial charge in [0, 0.05) is 24.9 Å². The predicted molar refractivity (Wildman–Crippen MR) is 82.4 cm³/mol. The normalized spacial score (nSPS) is 12.7. The fourth-order valence-corrected chi connectivity index (χ4v) is 3.26. The SMILES string of the molecule is NNC(Cc1cccnc1)Cc1nc2ccccc2s1. The van der Waals surface area contributed by atoms with Crippen LogP contribution in [0.5, 0.6) is 0 Å². The van der Waals surface area contributed by atoms with Crippen LogP contribution in [0.25, 0.3) is 10.2 Å². The van der Waals surface area contributed by atoms with E-state index in [1.807, 2.05) is 30.5 Å². The lowest BCUT2D eigenvalue weighted by atomic mass is 10.1. The van der Waals surface area contributed by atoms with E-state index in [-0.39, 0.29) is 6.04 Å². The number of benzene rings is 1. The number of nitrogens with one attached hydrogen (secondary N) is 1. The van der Waals surface area contributed by atoms with E-state index in [0.29, 0.717) is 0 Å². The molecular formula is C15H16N4S. The second kappa shape index (κ2) is 6.09.